The number of hydrogen-bond donors (Lipinski definition) is 2. The second-order valence-corrected chi connectivity index (χ2v) is 17.6. The topological polar surface area (TPSA) is 190 Å². The van der Waals surface area contributed by atoms with Crippen LogP contribution in [0.2, 0.25) is 10.0 Å². The van der Waals surface area contributed by atoms with E-state index in [4.69, 9.17) is 38.2 Å². The van der Waals surface area contributed by atoms with Gasteiger partial charge in [0.1, 0.15) is 68.9 Å². The number of halogens is 8. The van der Waals surface area contributed by atoms with Gasteiger partial charge < -0.3 is 19.7 Å². The maximum atomic E-state index is 15.8. The predicted octanol–water partition coefficient (Wildman–Crippen LogP) is 8.61. The highest BCUT2D eigenvalue weighted by Crippen LogP contribution is 2.31. The van der Waals surface area contributed by atoms with E-state index in [9.17, 15) is 37.4 Å². The highest BCUT2D eigenvalue weighted by atomic mass is 35.5. The summed E-state index contributed by atoms with van der Waals surface area (Å²) in [6, 6.07) is 6.20. The lowest BCUT2D eigenvalue weighted by Crippen LogP contribution is -2.24. The molecule has 0 unspecified atom stereocenters. The molecule has 0 aliphatic carbocycles. The van der Waals surface area contributed by atoms with Gasteiger partial charge in [-0.1, -0.05) is 23.2 Å². The molecule has 0 bridgehead atoms. The molecule has 8 aromatic heterocycles. The molecule has 72 heavy (non-hydrogen) atoms. The summed E-state index contributed by atoms with van der Waals surface area (Å²) < 4.78 is 133. The van der Waals surface area contributed by atoms with Crippen LogP contribution in [0.25, 0.3) is 23.0 Å². The number of aromatic nitrogens is 10. The fourth-order valence-electron chi connectivity index (χ4n) is 6.77. The first-order valence-electron chi connectivity index (χ1n) is 23.0. The molecule has 0 aliphatic heterocycles. The van der Waals surface area contributed by atoms with Gasteiger partial charge in [0.2, 0.25) is 0 Å². The molecule has 376 valence electrons. The molecule has 0 aliphatic rings. The molecular formula is C48H42Cl2F6N10O6. The van der Waals surface area contributed by atoms with Crippen LogP contribution in [-0.2, 0) is 24.3 Å². The first-order valence-corrected chi connectivity index (χ1v) is 21.7. The van der Waals surface area contributed by atoms with Gasteiger partial charge in [0.05, 0.1) is 40.6 Å². The highest BCUT2D eigenvalue weighted by molar-refractivity contribution is 6.32. The summed E-state index contributed by atoms with van der Waals surface area (Å²) in [5.74, 6) is -7.90. The number of ether oxygens (including phenoxy) is 2. The third kappa shape index (κ3) is 10.8. The van der Waals surface area contributed by atoms with E-state index in [1.54, 1.807) is 0 Å². The van der Waals surface area contributed by atoms with Crippen molar-refractivity contribution in [2.24, 2.45) is 0 Å². The summed E-state index contributed by atoms with van der Waals surface area (Å²) in [6.07, 6.45) is 6.68. The summed E-state index contributed by atoms with van der Waals surface area (Å²) >= 11 is 12.4. The summed E-state index contributed by atoms with van der Waals surface area (Å²) in [4.78, 5) is 41.5. The highest BCUT2D eigenvalue weighted by Gasteiger charge is 2.27. The van der Waals surface area contributed by atoms with Crippen molar-refractivity contribution in [3.05, 3.63) is 185 Å². The minimum absolute atomic E-state index is 0.0922. The van der Waals surface area contributed by atoms with Gasteiger partial charge in [-0.2, -0.15) is 10.2 Å². The maximum absolute atomic E-state index is 15.8. The smallest absolute Gasteiger partial charge is 0.278 e. The van der Waals surface area contributed by atoms with Gasteiger partial charge in [-0.15, -0.1) is 0 Å². The third-order valence-corrected chi connectivity index (χ3v) is 11.1. The van der Waals surface area contributed by atoms with Gasteiger partial charge >= 0.3 is 0 Å². The van der Waals surface area contributed by atoms with Crippen LogP contribution in [0.3, 0.4) is 0 Å². The number of hydrogen-bond acceptors (Lipinski definition) is 12. The molecule has 0 aromatic carbocycles. The van der Waals surface area contributed by atoms with Crippen molar-refractivity contribution in [2.75, 3.05) is 0 Å². The summed E-state index contributed by atoms with van der Waals surface area (Å²) in [6.45, 7) is 6.09. The molecule has 0 saturated heterocycles. The number of rotatable bonds is 12. The second-order valence-electron chi connectivity index (χ2n) is 16.8. The molecule has 0 radical (unpaired) electrons. The van der Waals surface area contributed by atoms with Crippen LogP contribution in [0.15, 0.2) is 83.2 Å². The predicted molar refractivity (Wildman–Crippen MR) is 250 cm³/mol. The lowest BCUT2D eigenvalue weighted by molar-refractivity contribution is 0.0729. The van der Waals surface area contributed by atoms with Gasteiger partial charge in [-0.3, -0.25) is 28.7 Å². The fraction of sp³-hybridized carbons (Fsp3) is 0.250. The Balaban J connectivity index is 0.000000221. The van der Waals surface area contributed by atoms with Crippen LogP contribution in [0, 0.1) is 62.6 Å². The fourth-order valence-corrected chi connectivity index (χ4v) is 7.12. The van der Waals surface area contributed by atoms with Gasteiger partial charge in [-0.25, -0.2) is 45.7 Å². The van der Waals surface area contributed by atoms with E-state index < -0.39 is 103 Å². The van der Waals surface area contributed by atoms with Crippen LogP contribution in [-0.4, -0.2) is 58.8 Å². The van der Waals surface area contributed by atoms with Gasteiger partial charge in [0.25, 0.3) is 11.1 Å². The molecule has 2 N–H and O–H groups in total. The Kier molecular flexibility index (Phi) is 13.3. The number of pyridine rings is 6. The van der Waals surface area contributed by atoms with E-state index in [1.807, 2.05) is 0 Å². The first-order chi connectivity index (χ1) is 35.2. The minimum atomic E-state index is -2.93. The first kappa shape index (κ1) is 47.0. The van der Waals surface area contributed by atoms with Crippen molar-refractivity contribution in [1.29, 1.82) is 0 Å². The van der Waals surface area contributed by atoms with Crippen LogP contribution in [0.4, 0.5) is 26.3 Å². The van der Waals surface area contributed by atoms with Crippen LogP contribution in [0.5, 0.6) is 11.5 Å². The zero-order chi connectivity index (χ0) is 56.3. The quantitative estimate of drug-likeness (QED) is 0.111. The van der Waals surface area contributed by atoms with E-state index in [0.29, 0.717) is 24.5 Å². The lowest BCUT2D eigenvalue weighted by Gasteiger charge is -2.18. The minimum Gasteiger partial charge on any atom is -0.485 e. The van der Waals surface area contributed by atoms with E-state index in [1.165, 1.54) is 104 Å². The second kappa shape index (κ2) is 20.4. The molecule has 0 atom stereocenters. The van der Waals surface area contributed by atoms with Crippen LogP contribution >= 0.6 is 23.2 Å². The van der Waals surface area contributed by atoms with Gasteiger partial charge in [0, 0.05) is 60.4 Å². The summed E-state index contributed by atoms with van der Waals surface area (Å²) in [5.41, 5.74) is -5.35. The van der Waals surface area contributed by atoms with E-state index in [0.717, 1.165) is 18.5 Å². The molecule has 0 fully saturated rings. The SMILES string of the molecule is [2H]C([2H])(Oc1cc(C)n(-c2c(C)cnc(-n3ccc(C(C)(C)O)n3)c2F)c(=O)c1Cl)c1ncc(F)cc1F.[2H]C([2H])(Oc1cc(C)n(-c2c(C)cnc(-n3ccc(C(C)(C)O)n3)c2F)c(=O)c1Cl)c1ncc(F)cc1F. The Morgan fingerprint density at radius 2 is 0.958 bits per heavy atom. The number of aryl methyl sites for hydroxylation is 4. The normalized spacial score (nSPS) is 12.9. The van der Waals surface area contributed by atoms with E-state index in [2.05, 4.69) is 30.1 Å². The lowest BCUT2D eigenvalue weighted by atomic mass is 10.1. The van der Waals surface area contributed by atoms with Crippen molar-refractivity contribution in [3.8, 4) is 34.5 Å². The van der Waals surface area contributed by atoms with Crippen LogP contribution in [0.1, 0.15) is 78.5 Å². The Bertz CT molecular complexity index is 3480. The zero-order valence-corrected chi connectivity index (χ0v) is 40.5. The molecule has 24 heteroatoms. The van der Waals surface area contributed by atoms with Crippen molar-refractivity contribution >= 4 is 23.2 Å². The Morgan fingerprint density at radius 3 is 1.28 bits per heavy atom. The maximum Gasteiger partial charge on any atom is 0.278 e. The number of nitrogens with zero attached hydrogens (tertiary/aromatic N) is 10. The molecular weight excluding hydrogens is 997 g/mol. The standard InChI is InChI=1S/2C24H21ClF3N5O3/c2*1-12-9-30-22(32-6-5-18(31-32)24(3,4)35)20(28)21(12)33-13(2)7-17(19(25)23(33)34)36-11-16-15(27)8-14(26)10-29-16/h2*5-10,35H,11H2,1-4H3/i2*11D2. The Morgan fingerprint density at radius 1 is 0.597 bits per heavy atom. The van der Waals surface area contributed by atoms with Gasteiger partial charge in [-0.05, 0) is 78.6 Å². The summed E-state index contributed by atoms with van der Waals surface area (Å²) in [7, 11) is 0. The molecule has 0 saturated carbocycles. The molecule has 0 spiro atoms. The monoisotopic (exact) mass is 1040 g/mol. The van der Waals surface area contributed by atoms with Crippen molar-refractivity contribution in [3.63, 3.8) is 0 Å². The average molecular weight is 1040 g/mol. The molecule has 0 amide bonds. The van der Waals surface area contributed by atoms with Gasteiger partial charge in [0.15, 0.2) is 34.9 Å². The molecule has 16 nitrogen and oxygen atoms in total. The Labute approximate surface area is 421 Å². The largest absolute Gasteiger partial charge is 0.485 e. The van der Waals surface area contributed by atoms with Crippen molar-refractivity contribution in [1.82, 2.24) is 48.6 Å². The third-order valence-electron chi connectivity index (χ3n) is 10.4. The Hall–Kier alpha value is -7.40. The average Bonchev–Trinajstić information content (AvgIpc) is 4.02. The van der Waals surface area contributed by atoms with Crippen molar-refractivity contribution in [2.45, 2.75) is 79.7 Å². The van der Waals surface area contributed by atoms with E-state index in [-0.39, 0.29) is 56.9 Å². The van der Waals surface area contributed by atoms with Crippen LogP contribution < -0.4 is 20.6 Å². The van der Waals surface area contributed by atoms with Crippen molar-refractivity contribution < 1.29 is 51.5 Å². The molecule has 8 aromatic rings. The molecule has 8 rings (SSSR count). The zero-order valence-electron chi connectivity index (χ0n) is 43.0. The summed E-state index contributed by atoms with van der Waals surface area (Å²) in [5, 5.41) is 27.4. The number of aliphatic hydroxyl groups is 2. The molecule has 8 heterocycles. The van der Waals surface area contributed by atoms with E-state index >= 15 is 8.78 Å².